The molecule has 2 amide bonds. The second-order valence-corrected chi connectivity index (χ2v) is 10.0. The largest absolute Gasteiger partial charge is 0.433 e. The summed E-state index contributed by atoms with van der Waals surface area (Å²) in [6, 6.07) is 6.57. The van der Waals surface area contributed by atoms with Gasteiger partial charge in [-0.05, 0) is 31.0 Å². The van der Waals surface area contributed by atoms with E-state index in [9.17, 15) is 36.3 Å². The van der Waals surface area contributed by atoms with Crippen LogP contribution in [0.4, 0.5) is 22.0 Å². The molecule has 1 aromatic carbocycles. The van der Waals surface area contributed by atoms with Gasteiger partial charge in [-0.2, -0.15) is 18.3 Å². The Bertz CT molecular complexity index is 1570. The summed E-state index contributed by atoms with van der Waals surface area (Å²) < 4.78 is 67.5. The summed E-state index contributed by atoms with van der Waals surface area (Å²) in [5, 5.41) is 5.12. The van der Waals surface area contributed by atoms with Crippen LogP contribution in [0.15, 0.2) is 61.3 Å². The predicted molar refractivity (Wildman–Crippen MR) is 138 cm³/mol. The van der Waals surface area contributed by atoms with Crippen LogP contribution < -0.4 is 0 Å². The van der Waals surface area contributed by atoms with E-state index in [0.717, 1.165) is 12.3 Å². The summed E-state index contributed by atoms with van der Waals surface area (Å²) in [6.07, 6.45) is -2.98. The average molecular weight is 574 g/mol. The Labute approximate surface area is 230 Å². The van der Waals surface area contributed by atoms with Crippen LogP contribution in [0.1, 0.15) is 34.9 Å². The van der Waals surface area contributed by atoms with E-state index in [-0.39, 0.29) is 43.2 Å². The van der Waals surface area contributed by atoms with E-state index in [1.165, 1.54) is 15.9 Å². The molecule has 0 aliphatic carbocycles. The standard InChI is InChI=1S/C28H24F5N5O3/c1-15(29)26(40)36-10-8-17(9-11-36)25(39)21-5-3-4-20-23(18-6-7-22(34-12-18)28(31,32)33)35-38(24(20)21)19-13-37(14-19)27(41)16(2)30/h3-7,12,17,19H,1-2,8-11,13-14H2. The van der Waals surface area contributed by atoms with Crippen LogP contribution in [0, 0.1) is 5.92 Å². The number of halogens is 5. The van der Waals surface area contributed by atoms with Crippen molar-refractivity contribution in [1.29, 1.82) is 0 Å². The summed E-state index contributed by atoms with van der Waals surface area (Å²) in [7, 11) is 0. The number of hydrogen-bond donors (Lipinski definition) is 0. The third kappa shape index (κ3) is 5.23. The van der Waals surface area contributed by atoms with Gasteiger partial charge in [-0.25, -0.2) is 8.78 Å². The molecule has 0 saturated carbocycles. The van der Waals surface area contributed by atoms with E-state index in [1.807, 2.05) is 0 Å². The van der Waals surface area contributed by atoms with Gasteiger partial charge in [0.25, 0.3) is 11.8 Å². The molecule has 0 N–H and O–H groups in total. The van der Waals surface area contributed by atoms with E-state index in [1.54, 1.807) is 22.9 Å². The number of para-hydroxylation sites is 1. The number of aromatic nitrogens is 3. The first-order chi connectivity index (χ1) is 19.4. The highest BCUT2D eigenvalue weighted by atomic mass is 19.4. The van der Waals surface area contributed by atoms with E-state index < -0.39 is 47.3 Å². The summed E-state index contributed by atoms with van der Waals surface area (Å²) in [6.45, 7) is 6.56. The molecule has 0 radical (unpaired) electrons. The molecule has 41 heavy (non-hydrogen) atoms. The lowest BCUT2D eigenvalue weighted by Gasteiger charge is -2.39. The third-order valence-corrected chi connectivity index (χ3v) is 7.43. The molecule has 214 valence electrons. The first kappa shape index (κ1) is 28.1. The number of carbonyl (C=O) groups is 3. The quantitative estimate of drug-likeness (QED) is 0.238. The number of rotatable bonds is 6. The van der Waals surface area contributed by atoms with Gasteiger partial charge in [-0.3, -0.25) is 24.0 Å². The maximum absolute atomic E-state index is 13.8. The molecule has 3 aromatic rings. The summed E-state index contributed by atoms with van der Waals surface area (Å²) >= 11 is 0. The molecule has 2 saturated heterocycles. The number of benzene rings is 1. The van der Waals surface area contributed by atoms with Gasteiger partial charge in [0.05, 0.1) is 11.6 Å². The number of hydrogen-bond acceptors (Lipinski definition) is 5. The molecule has 0 spiro atoms. The predicted octanol–water partition coefficient (Wildman–Crippen LogP) is 4.89. The Balaban J connectivity index is 1.52. The van der Waals surface area contributed by atoms with Gasteiger partial charge < -0.3 is 9.80 Å². The zero-order valence-corrected chi connectivity index (χ0v) is 21.6. The highest BCUT2D eigenvalue weighted by Crippen LogP contribution is 2.37. The molecule has 2 aliphatic rings. The number of fused-ring (bicyclic) bond motifs is 1. The van der Waals surface area contributed by atoms with Gasteiger partial charge >= 0.3 is 6.18 Å². The zero-order chi connectivity index (χ0) is 29.6. The van der Waals surface area contributed by atoms with E-state index in [4.69, 9.17) is 0 Å². The Hall–Kier alpha value is -4.42. The van der Waals surface area contributed by atoms with Gasteiger partial charge in [0, 0.05) is 54.8 Å². The van der Waals surface area contributed by atoms with Crippen LogP contribution in [0.3, 0.4) is 0 Å². The number of amides is 2. The minimum atomic E-state index is -4.63. The average Bonchev–Trinajstić information content (AvgIpc) is 3.30. The number of likely N-dealkylation sites (tertiary alicyclic amines) is 2. The van der Waals surface area contributed by atoms with Gasteiger partial charge in [0.15, 0.2) is 17.4 Å². The van der Waals surface area contributed by atoms with E-state index in [2.05, 4.69) is 23.2 Å². The van der Waals surface area contributed by atoms with Crippen LogP contribution in [0.2, 0.25) is 0 Å². The van der Waals surface area contributed by atoms with Crippen molar-refractivity contribution in [3.05, 3.63) is 72.6 Å². The fourth-order valence-electron chi connectivity index (χ4n) is 5.25. The van der Waals surface area contributed by atoms with Crippen LogP contribution in [0.25, 0.3) is 22.2 Å². The fraction of sp³-hybridized carbons (Fsp3) is 0.321. The maximum Gasteiger partial charge on any atom is 0.433 e. The highest BCUT2D eigenvalue weighted by Gasteiger charge is 2.37. The molecule has 2 aromatic heterocycles. The van der Waals surface area contributed by atoms with Gasteiger partial charge in [-0.1, -0.05) is 25.3 Å². The lowest BCUT2D eigenvalue weighted by Crippen LogP contribution is -2.51. The van der Waals surface area contributed by atoms with Crippen LogP contribution >= 0.6 is 0 Å². The first-order valence-corrected chi connectivity index (χ1v) is 12.7. The third-order valence-electron chi connectivity index (χ3n) is 7.43. The molecule has 0 unspecified atom stereocenters. The minimum absolute atomic E-state index is 0.0827. The van der Waals surface area contributed by atoms with Gasteiger partial charge in [-0.15, -0.1) is 0 Å². The topological polar surface area (TPSA) is 88.4 Å². The van der Waals surface area contributed by atoms with Crippen molar-refractivity contribution in [1.82, 2.24) is 24.6 Å². The van der Waals surface area contributed by atoms with Gasteiger partial charge in [0.2, 0.25) is 0 Å². The van der Waals surface area contributed by atoms with Crippen molar-refractivity contribution in [2.75, 3.05) is 26.2 Å². The van der Waals surface area contributed by atoms with Crippen molar-refractivity contribution in [3.63, 3.8) is 0 Å². The van der Waals surface area contributed by atoms with Gasteiger partial charge in [0.1, 0.15) is 11.4 Å². The Kier molecular flexibility index (Phi) is 7.22. The molecular weight excluding hydrogens is 549 g/mol. The van der Waals surface area contributed by atoms with E-state index in [0.29, 0.717) is 29.3 Å². The molecule has 13 heteroatoms. The zero-order valence-electron chi connectivity index (χ0n) is 21.6. The molecule has 2 fully saturated rings. The summed E-state index contributed by atoms with van der Waals surface area (Å²) in [5.41, 5.74) is 0.229. The molecular formula is C28H24F5N5O3. The molecule has 4 heterocycles. The Morgan fingerprint density at radius 1 is 0.902 bits per heavy atom. The normalized spacial score (nSPS) is 16.5. The number of nitrogens with zero attached hydrogens (tertiary/aromatic N) is 5. The van der Waals surface area contributed by atoms with Crippen LogP contribution in [0.5, 0.6) is 0 Å². The van der Waals surface area contributed by atoms with Crippen molar-refractivity contribution < 1.29 is 36.3 Å². The number of piperidine rings is 1. The smallest absolute Gasteiger partial charge is 0.337 e. The van der Waals surface area contributed by atoms with Crippen molar-refractivity contribution in [2.45, 2.75) is 25.1 Å². The second kappa shape index (κ2) is 10.5. The molecule has 0 atom stereocenters. The molecule has 5 rings (SSSR count). The first-order valence-electron chi connectivity index (χ1n) is 12.7. The van der Waals surface area contributed by atoms with Crippen LogP contribution in [-0.4, -0.2) is 68.3 Å². The Morgan fingerprint density at radius 3 is 2.10 bits per heavy atom. The second-order valence-electron chi connectivity index (χ2n) is 10.0. The number of carbonyl (C=O) groups excluding carboxylic acids is 3. The summed E-state index contributed by atoms with van der Waals surface area (Å²) in [4.78, 5) is 43.8. The number of pyridine rings is 1. The minimum Gasteiger partial charge on any atom is -0.337 e. The maximum atomic E-state index is 13.8. The van der Waals surface area contributed by atoms with Crippen molar-refractivity contribution in [2.24, 2.45) is 5.92 Å². The summed E-state index contributed by atoms with van der Waals surface area (Å²) in [5.74, 6) is -4.57. The van der Waals surface area contributed by atoms with E-state index >= 15 is 0 Å². The highest BCUT2D eigenvalue weighted by molar-refractivity contribution is 6.10. The molecule has 8 nitrogen and oxygen atoms in total. The monoisotopic (exact) mass is 573 g/mol. The molecule has 0 bridgehead atoms. The number of alkyl halides is 3. The number of Topliss-reactive ketones (excluding diaryl/α,β-unsaturated/α-hetero) is 1. The van der Waals surface area contributed by atoms with Crippen LogP contribution in [-0.2, 0) is 15.8 Å². The fourth-order valence-corrected chi connectivity index (χ4v) is 5.25. The lowest BCUT2D eigenvalue weighted by atomic mass is 9.87. The molecule has 2 aliphatic heterocycles. The van der Waals surface area contributed by atoms with Crippen molar-refractivity contribution in [3.8, 4) is 11.3 Å². The Morgan fingerprint density at radius 2 is 1.54 bits per heavy atom. The number of ketones is 1. The lowest BCUT2D eigenvalue weighted by molar-refractivity contribution is -0.141. The SMILES string of the molecule is C=C(F)C(=O)N1CCC(C(=O)c2cccc3c(-c4ccc(C(F)(F)F)nc4)nn(C4CN(C(=O)C(=C)F)C4)c23)CC1. The van der Waals surface area contributed by atoms with Crippen molar-refractivity contribution >= 4 is 28.5 Å².